The Balaban J connectivity index is 1.62. The summed E-state index contributed by atoms with van der Waals surface area (Å²) in [6.45, 7) is 2.40. The molecular weight excluding hydrogens is 577 g/mol. The lowest BCUT2D eigenvalue weighted by atomic mass is 10.1. The summed E-state index contributed by atoms with van der Waals surface area (Å²) in [4.78, 5) is 28.9. The molecule has 4 rings (SSSR count). The van der Waals surface area contributed by atoms with E-state index in [1.54, 1.807) is 23.1 Å². The topological polar surface area (TPSA) is 133 Å². The molecule has 0 bridgehead atoms. The van der Waals surface area contributed by atoms with Crippen LogP contribution in [0, 0.1) is 0 Å². The van der Waals surface area contributed by atoms with Crippen LogP contribution in [0.5, 0.6) is 5.75 Å². The number of piperazine rings is 1. The lowest BCUT2D eigenvalue weighted by Crippen LogP contribution is -2.47. The van der Waals surface area contributed by atoms with Crippen molar-refractivity contribution in [1.29, 1.82) is 0 Å². The third-order valence-corrected chi connectivity index (χ3v) is 7.85. The predicted octanol–water partition coefficient (Wildman–Crippen LogP) is 3.04. The minimum Gasteiger partial charge on any atom is -0.495 e. The second-order valence-corrected chi connectivity index (χ2v) is 11.7. The Morgan fingerprint density at radius 2 is 1.86 bits per heavy atom. The van der Waals surface area contributed by atoms with Gasteiger partial charge in [-0.05, 0) is 31.3 Å². The van der Waals surface area contributed by atoms with E-state index in [1.807, 2.05) is 7.05 Å². The molecule has 1 aliphatic rings. The number of sulfonamides is 1. The monoisotopic (exact) mass is 608 g/mol. The van der Waals surface area contributed by atoms with Gasteiger partial charge in [-0.1, -0.05) is 6.07 Å². The van der Waals surface area contributed by atoms with Crippen LogP contribution >= 0.6 is 0 Å². The quantitative estimate of drug-likeness (QED) is 0.374. The highest BCUT2D eigenvalue weighted by molar-refractivity contribution is 7.92. The lowest BCUT2D eigenvalue weighted by Gasteiger charge is -2.32. The Morgan fingerprint density at radius 3 is 2.50 bits per heavy atom. The van der Waals surface area contributed by atoms with E-state index in [4.69, 9.17) is 4.74 Å². The summed E-state index contributed by atoms with van der Waals surface area (Å²) >= 11 is 0. The maximum atomic E-state index is 13.9. The van der Waals surface area contributed by atoms with Gasteiger partial charge in [0, 0.05) is 63.3 Å². The molecule has 12 nitrogen and oxygen atoms in total. The molecule has 0 spiro atoms. The van der Waals surface area contributed by atoms with Gasteiger partial charge in [-0.2, -0.15) is 18.2 Å². The summed E-state index contributed by atoms with van der Waals surface area (Å²) in [7, 11) is 1.02. The van der Waals surface area contributed by atoms with Crippen molar-refractivity contribution in [3.8, 4) is 5.75 Å². The number of halogens is 3. The summed E-state index contributed by atoms with van der Waals surface area (Å²) in [5.41, 5.74) is -0.149. The zero-order chi connectivity index (χ0) is 30.7. The highest BCUT2D eigenvalue weighted by Crippen LogP contribution is 2.35. The molecule has 0 saturated carbocycles. The zero-order valence-corrected chi connectivity index (χ0v) is 24.3. The number of pyridine rings is 1. The lowest BCUT2D eigenvalue weighted by molar-refractivity contribution is -0.137. The maximum Gasteiger partial charge on any atom is 0.421 e. The first-order valence-corrected chi connectivity index (χ1v) is 14.6. The maximum absolute atomic E-state index is 13.9. The number of likely N-dealkylation sites (N-methyl/N-ethyl adjacent to an activating group) is 1. The van der Waals surface area contributed by atoms with E-state index in [-0.39, 0.29) is 29.9 Å². The molecule has 1 aromatic carbocycles. The van der Waals surface area contributed by atoms with Crippen LogP contribution in [-0.2, 0) is 22.7 Å². The van der Waals surface area contributed by atoms with Crippen molar-refractivity contribution >= 4 is 39.2 Å². The molecule has 0 unspecified atom stereocenters. The Hall–Kier alpha value is -4.18. The Labute approximate surface area is 241 Å². The standard InChI is InChI=1S/C26H31F3N8O4S/c1-35-10-12-37(13-11-35)24(38)17-7-8-21(41-3)20(14-17)33-25-32-16-19(26(27,28)29)22(34-25)31-15-18-6-5-9-30-23(18)36(2)42(4,39)40/h5-9,14,16H,10-13,15H2,1-4H3,(H2,31,32,33,34). The van der Waals surface area contributed by atoms with Crippen molar-refractivity contribution in [2.75, 3.05) is 68.6 Å². The summed E-state index contributed by atoms with van der Waals surface area (Å²) in [6.07, 6.45) is -1.78. The second kappa shape index (κ2) is 12.4. The summed E-state index contributed by atoms with van der Waals surface area (Å²) in [5.74, 6) is -0.532. The molecular formula is C26H31F3N8O4S. The van der Waals surface area contributed by atoms with Gasteiger partial charge in [-0.15, -0.1) is 0 Å². The van der Waals surface area contributed by atoms with Crippen molar-refractivity contribution in [3.63, 3.8) is 0 Å². The van der Waals surface area contributed by atoms with Crippen LogP contribution in [0.1, 0.15) is 21.5 Å². The molecule has 0 atom stereocenters. The van der Waals surface area contributed by atoms with E-state index in [2.05, 4.69) is 30.5 Å². The van der Waals surface area contributed by atoms with Gasteiger partial charge in [0.1, 0.15) is 22.9 Å². The van der Waals surface area contributed by atoms with E-state index < -0.39 is 27.6 Å². The van der Waals surface area contributed by atoms with Crippen LogP contribution in [-0.4, -0.2) is 92.7 Å². The Bertz CT molecular complexity index is 1550. The fourth-order valence-electron chi connectivity index (χ4n) is 4.22. The van der Waals surface area contributed by atoms with Gasteiger partial charge in [0.2, 0.25) is 16.0 Å². The average molecular weight is 609 g/mol. The van der Waals surface area contributed by atoms with E-state index in [0.717, 1.165) is 23.7 Å². The largest absolute Gasteiger partial charge is 0.495 e. The van der Waals surface area contributed by atoms with E-state index in [1.165, 1.54) is 32.5 Å². The fourth-order valence-corrected chi connectivity index (χ4v) is 4.70. The van der Waals surface area contributed by atoms with Crippen molar-refractivity contribution in [3.05, 3.63) is 59.4 Å². The average Bonchev–Trinajstić information content (AvgIpc) is 2.95. The molecule has 1 saturated heterocycles. The van der Waals surface area contributed by atoms with Gasteiger partial charge in [0.05, 0.1) is 19.1 Å². The molecule has 16 heteroatoms. The van der Waals surface area contributed by atoms with Crippen LogP contribution in [0.25, 0.3) is 0 Å². The number of ether oxygens (including phenoxy) is 1. The number of aromatic nitrogens is 3. The molecule has 0 aliphatic carbocycles. The van der Waals surface area contributed by atoms with Gasteiger partial charge < -0.3 is 25.2 Å². The third-order valence-electron chi connectivity index (χ3n) is 6.69. The van der Waals surface area contributed by atoms with Crippen molar-refractivity contribution in [1.82, 2.24) is 24.8 Å². The van der Waals surface area contributed by atoms with Crippen molar-refractivity contribution in [2.45, 2.75) is 12.7 Å². The van der Waals surface area contributed by atoms with Crippen LogP contribution in [0.15, 0.2) is 42.7 Å². The number of carbonyl (C=O) groups excluding carboxylic acids is 1. The molecule has 1 aliphatic heterocycles. The highest BCUT2D eigenvalue weighted by atomic mass is 32.2. The summed E-state index contributed by atoms with van der Waals surface area (Å²) in [5, 5.41) is 5.51. The predicted molar refractivity (Wildman–Crippen MR) is 152 cm³/mol. The number of hydrogen-bond acceptors (Lipinski definition) is 10. The number of amides is 1. The number of benzene rings is 1. The molecule has 2 aromatic heterocycles. The molecule has 1 fully saturated rings. The van der Waals surface area contributed by atoms with Crippen LogP contribution < -0.4 is 19.7 Å². The minimum atomic E-state index is -4.78. The molecule has 0 radical (unpaired) electrons. The number of nitrogens with zero attached hydrogens (tertiary/aromatic N) is 6. The molecule has 3 aromatic rings. The van der Waals surface area contributed by atoms with Crippen molar-refractivity contribution in [2.24, 2.45) is 0 Å². The number of anilines is 4. The number of methoxy groups -OCH3 is 1. The van der Waals surface area contributed by atoms with Gasteiger partial charge in [0.15, 0.2) is 0 Å². The van der Waals surface area contributed by atoms with E-state index in [9.17, 15) is 26.4 Å². The summed E-state index contributed by atoms with van der Waals surface area (Å²) < 4.78 is 71.9. The Morgan fingerprint density at radius 1 is 1.14 bits per heavy atom. The van der Waals surface area contributed by atoms with Crippen LogP contribution in [0.2, 0.25) is 0 Å². The first kappa shape index (κ1) is 30.8. The number of carbonyl (C=O) groups is 1. The molecule has 42 heavy (non-hydrogen) atoms. The molecule has 2 N–H and O–H groups in total. The smallest absolute Gasteiger partial charge is 0.421 e. The first-order chi connectivity index (χ1) is 19.8. The molecule has 3 heterocycles. The number of hydrogen-bond donors (Lipinski definition) is 2. The Kier molecular flexibility index (Phi) is 9.06. The van der Waals surface area contributed by atoms with E-state index >= 15 is 0 Å². The highest BCUT2D eigenvalue weighted by Gasteiger charge is 2.35. The van der Waals surface area contributed by atoms with Gasteiger partial charge >= 0.3 is 6.18 Å². The van der Waals surface area contributed by atoms with Crippen LogP contribution in [0.4, 0.5) is 36.4 Å². The van der Waals surface area contributed by atoms with E-state index in [0.29, 0.717) is 36.2 Å². The minimum absolute atomic E-state index is 0.0556. The van der Waals surface area contributed by atoms with Gasteiger partial charge in [-0.25, -0.2) is 18.4 Å². The third kappa shape index (κ3) is 7.17. The van der Waals surface area contributed by atoms with Crippen molar-refractivity contribution < 1.29 is 31.1 Å². The van der Waals surface area contributed by atoms with Gasteiger partial charge in [0.25, 0.3) is 5.91 Å². The van der Waals surface area contributed by atoms with Gasteiger partial charge in [-0.3, -0.25) is 9.10 Å². The number of nitrogens with one attached hydrogen (secondary N) is 2. The summed E-state index contributed by atoms with van der Waals surface area (Å²) in [6, 6.07) is 7.81. The first-order valence-electron chi connectivity index (χ1n) is 12.8. The fraction of sp³-hybridized carbons (Fsp3) is 0.385. The number of alkyl halides is 3. The zero-order valence-electron chi connectivity index (χ0n) is 23.4. The normalized spacial score (nSPS) is 14.4. The SMILES string of the molecule is COc1ccc(C(=O)N2CCN(C)CC2)cc1Nc1ncc(C(F)(F)F)c(NCc2cccnc2N(C)S(C)(=O)=O)n1. The number of rotatable bonds is 9. The second-order valence-electron chi connectivity index (χ2n) is 9.66. The van der Waals surface area contributed by atoms with Crippen LogP contribution in [0.3, 0.4) is 0 Å². The molecule has 226 valence electrons. The molecule has 1 amide bonds.